The van der Waals surface area contributed by atoms with Crippen molar-refractivity contribution in [3.05, 3.63) is 0 Å². The van der Waals surface area contributed by atoms with E-state index in [0.29, 0.717) is 19.4 Å². The molecule has 0 bridgehead atoms. The van der Waals surface area contributed by atoms with Crippen molar-refractivity contribution < 1.29 is 14.4 Å². The van der Waals surface area contributed by atoms with E-state index in [9.17, 15) is 14.4 Å². The van der Waals surface area contributed by atoms with Crippen molar-refractivity contribution in [1.29, 1.82) is 0 Å². The van der Waals surface area contributed by atoms with Gasteiger partial charge in [0.15, 0.2) is 0 Å². The Hall–Kier alpha value is -1.63. The van der Waals surface area contributed by atoms with E-state index in [-0.39, 0.29) is 29.8 Å². The van der Waals surface area contributed by atoms with Gasteiger partial charge >= 0.3 is 6.03 Å². The topological polar surface area (TPSA) is 73.0 Å². The minimum absolute atomic E-state index is 0.0613. The first-order valence-electron chi connectivity index (χ1n) is 11.2. The highest BCUT2D eigenvalue weighted by Crippen LogP contribution is 2.33. The van der Waals surface area contributed by atoms with Crippen LogP contribution in [0.25, 0.3) is 0 Å². The molecule has 7 nitrogen and oxygen atoms in total. The summed E-state index contributed by atoms with van der Waals surface area (Å²) in [6.07, 6.45) is 8.38. The summed E-state index contributed by atoms with van der Waals surface area (Å²) in [6.45, 7) is 6.17. The maximum Gasteiger partial charge on any atom is 0.325 e. The number of hydrogen-bond acceptors (Lipinski definition) is 4. The normalized spacial score (nSPS) is 29.0. The monoisotopic (exact) mass is 390 g/mol. The third-order valence-electron chi connectivity index (χ3n) is 7.22. The summed E-state index contributed by atoms with van der Waals surface area (Å²) in [4.78, 5) is 44.7. The second-order valence-corrected chi connectivity index (χ2v) is 9.09. The lowest BCUT2D eigenvalue weighted by Crippen LogP contribution is -2.56. The lowest BCUT2D eigenvalue weighted by atomic mass is 9.87. The minimum Gasteiger partial charge on any atom is -0.340 e. The third-order valence-corrected chi connectivity index (χ3v) is 7.22. The molecule has 0 aromatic rings. The number of urea groups is 1. The van der Waals surface area contributed by atoms with E-state index >= 15 is 0 Å². The second-order valence-electron chi connectivity index (χ2n) is 9.09. The fourth-order valence-corrected chi connectivity index (χ4v) is 5.58. The van der Waals surface area contributed by atoms with Crippen LogP contribution in [0.2, 0.25) is 0 Å². The number of rotatable bonds is 4. The van der Waals surface area contributed by atoms with E-state index < -0.39 is 5.54 Å². The van der Waals surface area contributed by atoms with Crippen LogP contribution in [0.15, 0.2) is 0 Å². The zero-order valence-electron chi connectivity index (χ0n) is 17.1. The highest BCUT2D eigenvalue weighted by Gasteiger charge is 2.54. The summed E-state index contributed by atoms with van der Waals surface area (Å²) in [5, 5.41) is 3.04. The first kappa shape index (κ1) is 19.7. The minimum atomic E-state index is -0.723. The van der Waals surface area contributed by atoms with Gasteiger partial charge in [-0.25, -0.2) is 4.79 Å². The molecule has 4 rings (SSSR count). The van der Waals surface area contributed by atoms with Crippen molar-refractivity contribution in [1.82, 2.24) is 20.0 Å². The van der Waals surface area contributed by atoms with Crippen LogP contribution < -0.4 is 5.32 Å². The number of amides is 4. The molecule has 7 heteroatoms. The van der Waals surface area contributed by atoms with Crippen molar-refractivity contribution in [2.24, 2.45) is 5.92 Å². The molecule has 1 saturated carbocycles. The molecule has 28 heavy (non-hydrogen) atoms. The number of hydrogen-bond donors (Lipinski definition) is 1. The van der Waals surface area contributed by atoms with Gasteiger partial charge in [0, 0.05) is 32.1 Å². The van der Waals surface area contributed by atoms with Gasteiger partial charge in [-0.1, -0.05) is 19.8 Å². The molecule has 1 aliphatic carbocycles. The lowest BCUT2D eigenvalue weighted by molar-refractivity contribution is -0.141. The Kier molecular flexibility index (Phi) is 5.63. The summed E-state index contributed by atoms with van der Waals surface area (Å²) in [5.41, 5.74) is -0.723. The highest BCUT2D eigenvalue weighted by molar-refractivity contribution is 6.07. The van der Waals surface area contributed by atoms with Gasteiger partial charge in [0.1, 0.15) is 5.54 Å². The molecule has 0 radical (unpaired) electrons. The number of imide groups is 1. The molecule has 1 unspecified atom stereocenters. The van der Waals surface area contributed by atoms with Crippen LogP contribution in [0.5, 0.6) is 0 Å². The molecule has 4 amide bonds. The first-order valence-corrected chi connectivity index (χ1v) is 11.2. The lowest BCUT2D eigenvalue weighted by Gasteiger charge is -2.39. The Balaban J connectivity index is 1.41. The average molecular weight is 391 g/mol. The van der Waals surface area contributed by atoms with Crippen LogP contribution in [-0.2, 0) is 9.59 Å². The molecule has 4 fully saturated rings. The van der Waals surface area contributed by atoms with Gasteiger partial charge in [0.25, 0.3) is 5.91 Å². The Morgan fingerprint density at radius 3 is 2.46 bits per heavy atom. The largest absolute Gasteiger partial charge is 0.340 e. The van der Waals surface area contributed by atoms with Gasteiger partial charge in [0.2, 0.25) is 5.91 Å². The number of likely N-dealkylation sites (tertiary alicyclic amines) is 2. The molecule has 3 aliphatic heterocycles. The summed E-state index contributed by atoms with van der Waals surface area (Å²) < 4.78 is 0. The maximum absolute atomic E-state index is 13.3. The second kappa shape index (κ2) is 8.01. The van der Waals surface area contributed by atoms with Gasteiger partial charge in [-0.15, -0.1) is 0 Å². The van der Waals surface area contributed by atoms with Crippen LogP contribution in [0.4, 0.5) is 4.79 Å². The van der Waals surface area contributed by atoms with Crippen LogP contribution in [0.1, 0.15) is 64.7 Å². The SMILES string of the molecule is CCCN1CCC2(CC1)NC(=O)N(C1CCCN(C(=O)C3CCCC3)C1)C2=O. The zero-order valence-corrected chi connectivity index (χ0v) is 17.1. The van der Waals surface area contributed by atoms with Gasteiger partial charge in [0.05, 0.1) is 6.04 Å². The molecule has 3 saturated heterocycles. The molecule has 3 heterocycles. The van der Waals surface area contributed by atoms with E-state index in [1.54, 1.807) is 0 Å². The Bertz CT molecular complexity index is 623. The fourth-order valence-electron chi connectivity index (χ4n) is 5.58. The summed E-state index contributed by atoms with van der Waals surface area (Å²) in [5.74, 6) is 0.321. The third kappa shape index (κ3) is 3.53. The quantitative estimate of drug-likeness (QED) is 0.745. The molecular formula is C21H34N4O3. The molecule has 1 spiro atoms. The van der Waals surface area contributed by atoms with Crippen LogP contribution in [0.3, 0.4) is 0 Å². The molecule has 0 aromatic carbocycles. The van der Waals surface area contributed by atoms with E-state index in [2.05, 4.69) is 17.1 Å². The average Bonchev–Trinajstić information content (AvgIpc) is 3.31. The molecule has 1 N–H and O–H groups in total. The standard InChI is InChI=1S/C21H34N4O3/c1-2-11-23-13-9-21(10-14-23)19(27)25(20(28)22-21)17-8-5-12-24(15-17)18(26)16-6-3-4-7-16/h16-17H,2-15H2,1H3,(H,22,28). The van der Waals surface area contributed by atoms with Crippen LogP contribution in [0, 0.1) is 5.92 Å². The van der Waals surface area contributed by atoms with Gasteiger partial charge in [-0.3, -0.25) is 14.5 Å². The maximum atomic E-state index is 13.3. The zero-order chi connectivity index (χ0) is 19.7. The van der Waals surface area contributed by atoms with Crippen molar-refractivity contribution in [2.45, 2.75) is 76.3 Å². The molecule has 4 aliphatic rings. The summed E-state index contributed by atoms with van der Waals surface area (Å²) in [6, 6.07) is -0.436. The fraction of sp³-hybridized carbons (Fsp3) is 0.857. The number of nitrogens with zero attached hydrogens (tertiary/aromatic N) is 3. The van der Waals surface area contributed by atoms with E-state index in [4.69, 9.17) is 0 Å². The van der Waals surface area contributed by atoms with Gasteiger partial charge < -0.3 is 15.1 Å². The Morgan fingerprint density at radius 1 is 1.07 bits per heavy atom. The van der Waals surface area contributed by atoms with Crippen LogP contribution >= 0.6 is 0 Å². The van der Waals surface area contributed by atoms with Crippen molar-refractivity contribution in [3.8, 4) is 0 Å². The highest BCUT2D eigenvalue weighted by atomic mass is 16.2. The van der Waals surface area contributed by atoms with Crippen LogP contribution in [-0.4, -0.2) is 76.8 Å². The van der Waals surface area contributed by atoms with E-state index in [1.165, 1.54) is 4.90 Å². The van der Waals surface area contributed by atoms with Crippen molar-refractivity contribution >= 4 is 17.8 Å². The Labute approximate surface area is 167 Å². The number of nitrogens with one attached hydrogen (secondary N) is 1. The summed E-state index contributed by atoms with van der Waals surface area (Å²) in [7, 11) is 0. The van der Waals surface area contributed by atoms with Crippen molar-refractivity contribution in [2.75, 3.05) is 32.7 Å². The number of carbonyl (C=O) groups excluding carboxylic acids is 3. The molecule has 0 aromatic heterocycles. The molecular weight excluding hydrogens is 356 g/mol. The van der Waals surface area contributed by atoms with Gasteiger partial charge in [-0.2, -0.15) is 0 Å². The summed E-state index contributed by atoms with van der Waals surface area (Å²) >= 11 is 0. The first-order chi connectivity index (χ1) is 13.5. The Morgan fingerprint density at radius 2 is 1.79 bits per heavy atom. The predicted octanol–water partition coefficient (Wildman–Crippen LogP) is 1.96. The number of piperidine rings is 2. The van der Waals surface area contributed by atoms with E-state index in [0.717, 1.165) is 71.1 Å². The molecule has 156 valence electrons. The van der Waals surface area contributed by atoms with E-state index in [1.807, 2.05) is 4.90 Å². The van der Waals surface area contributed by atoms with Gasteiger partial charge in [-0.05, 0) is 51.5 Å². The van der Waals surface area contributed by atoms with Crippen molar-refractivity contribution in [3.63, 3.8) is 0 Å². The molecule has 1 atom stereocenters. The number of carbonyl (C=O) groups is 3. The predicted molar refractivity (Wildman–Crippen MR) is 106 cm³/mol. The smallest absolute Gasteiger partial charge is 0.325 e.